The van der Waals surface area contributed by atoms with Crippen molar-refractivity contribution < 1.29 is 14.0 Å². The molecule has 0 saturated heterocycles. The molecule has 0 N–H and O–H groups in total. The van der Waals surface area contributed by atoms with Crippen molar-refractivity contribution in [3.05, 3.63) is 0 Å². The third kappa shape index (κ3) is 39.7. The third-order valence-electron chi connectivity index (χ3n) is 0. The maximum Gasteiger partial charge on any atom is 2.00 e. The van der Waals surface area contributed by atoms with E-state index in [2.05, 4.69) is 0 Å². The Kier molecular flexibility index (Phi) is 9.68. The van der Waals surface area contributed by atoms with Crippen LogP contribution >= 0.6 is 7.91 Å². The summed E-state index contributed by atoms with van der Waals surface area (Å²) < 4.78 is 17.0. The zero-order valence-corrected chi connectivity index (χ0v) is 5.48. The second kappa shape index (κ2) is 5.12. The van der Waals surface area contributed by atoms with E-state index in [1.165, 1.54) is 0 Å². The maximum absolute atomic E-state index is 8.48. The number of rotatable bonds is 0. The van der Waals surface area contributed by atoms with Gasteiger partial charge in [-0.25, -0.2) is 0 Å². The van der Waals surface area contributed by atoms with Gasteiger partial charge in [0.25, 0.3) is 0 Å². The minimum Gasteiger partial charge on any atom is -0.744 e. The molecule has 0 radical (unpaired) electrons. The van der Waals surface area contributed by atoms with Gasteiger partial charge in [0.15, 0.2) is 0 Å². The molecule has 0 rings (SSSR count). The second-order valence-electron chi connectivity index (χ2n) is 0.224. The average Bonchev–Trinajstić information content (AvgIpc) is 0.811. The summed E-state index contributed by atoms with van der Waals surface area (Å²) in [4.78, 5) is 8.48. The molecule has 0 heterocycles. The van der Waals surface area contributed by atoms with E-state index in [4.69, 9.17) is 14.0 Å². The summed E-state index contributed by atoms with van der Waals surface area (Å²) in [7, 11) is -3.37. The summed E-state index contributed by atoms with van der Waals surface area (Å²) in [6, 6.07) is 0. The summed E-state index contributed by atoms with van der Waals surface area (Å²) >= 11 is 0. The largest absolute Gasteiger partial charge is 2.00 e. The molecule has 3 nitrogen and oxygen atoms in total. The fourth-order valence-corrected chi connectivity index (χ4v) is 0. The van der Waals surface area contributed by atoms with Gasteiger partial charge in [-0.05, 0) is 0 Å². The Morgan fingerprint density at radius 2 is 1.40 bits per heavy atom. The van der Waals surface area contributed by atoms with E-state index < -0.39 is 7.91 Å². The first-order valence-electron chi connectivity index (χ1n) is 0.548. The molecule has 0 aliphatic heterocycles. The Balaban J connectivity index is 0. The van der Waals surface area contributed by atoms with Crippen LogP contribution in [0.15, 0.2) is 0 Å². The first kappa shape index (κ1) is 9.45. The summed E-state index contributed by atoms with van der Waals surface area (Å²) in [6.07, 6.45) is 0. The van der Waals surface area contributed by atoms with Gasteiger partial charge in [-0.1, -0.05) is 0 Å². The van der Waals surface area contributed by atoms with Crippen molar-refractivity contribution in [2.75, 3.05) is 0 Å². The van der Waals surface area contributed by atoms with E-state index in [9.17, 15) is 0 Å². The van der Waals surface area contributed by atoms with Gasteiger partial charge in [0.2, 0.25) is 7.91 Å². The Labute approximate surface area is 59.3 Å². The van der Waals surface area contributed by atoms with Crippen LogP contribution in [-0.4, -0.2) is 37.7 Å². The van der Waals surface area contributed by atoms with E-state index in [-0.39, 0.29) is 37.7 Å². The van der Waals surface area contributed by atoms with Crippen LogP contribution in [0, 0.1) is 0 Å². The molecule has 0 aliphatic rings. The van der Waals surface area contributed by atoms with E-state index in [1.54, 1.807) is 0 Å². The molecule has 5 heavy (non-hydrogen) atoms. The van der Waals surface area contributed by atoms with Crippen LogP contribution in [0.5, 0.6) is 0 Å². The predicted molar refractivity (Wildman–Crippen MR) is 14.0 cm³/mol. The Morgan fingerprint density at radius 3 is 1.40 bits per heavy atom. The molecule has 0 aromatic rings. The first-order chi connectivity index (χ1) is 1.73. The number of hydrogen-bond acceptors (Lipinski definition) is 3. The van der Waals surface area contributed by atoms with Crippen LogP contribution in [0.1, 0.15) is 0 Å². The van der Waals surface area contributed by atoms with Gasteiger partial charge < -0.3 is 4.89 Å². The molecule has 0 amide bonds. The van der Waals surface area contributed by atoms with Gasteiger partial charge >= 0.3 is 37.7 Å². The van der Waals surface area contributed by atoms with Gasteiger partial charge in [-0.15, -0.1) is 0 Å². The van der Waals surface area contributed by atoms with Crippen molar-refractivity contribution in [3.8, 4) is 0 Å². The van der Waals surface area contributed by atoms with Gasteiger partial charge in [0.05, 0.1) is 0 Å². The molecule has 0 aliphatic carbocycles. The molecule has 0 atom stereocenters. The minimum absolute atomic E-state index is 0. The van der Waals surface area contributed by atoms with Crippen LogP contribution < -0.4 is 4.89 Å². The molecule has 0 spiro atoms. The maximum atomic E-state index is 8.48. The van der Waals surface area contributed by atoms with Crippen molar-refractivity contribution in [1.82, 2.24) is 0 Å². The van der Waals surface area contributed by atoms with E-state index in [0.29, 0.717) is 0 Å². The number of hydrogen-bond donors (Lipinski definition) is 0. The quantitative estimate of drug-likeness (QED) is 0.305. The molecule has 0 bridgehead atoms. The van der Waals surface area contributed by atoms with E-state index >= 15 is 0 Å². The van der Waals surface area contributed by atoms with Crippen LogP contribution in [0.2, 0.25) is 0 Å². The van der Waals surface area contributed by atoms with Crippen molar-refractivity contribution in [3.63, 3.8) is 0 Å². The third-order valence-corrected chi connectivity index (χ3v) is 0. The molecule has 0 fully saturated rings. The summed E-state index contributed by atoms with van der Waals surface area (Å²) in [5.41, 5.74) is 0. The molecule has 5 heteroatoms. The van der Waals surface area contributed by atoms with Gasteiger partial charge in [-0.2, -0.15) is 0 Å². The standard InChI is InChI=1S/Ca.HO3P/c;1-4(2)3/h;(H,1,2,3)/q+2;/p-1. The first-order valence-corrected chi connectivity index (χ1v) is 1.64. The molecular formula is CaO3P+. The van der Waals surface area contributed by atoms with Crippen molar-refractivity contribution >= 4 is 45.6 Å². The van der Waals surface area contributed by atoms with Crippen molar-refractivity contribution in [2.24, 2.45) is 0 Å². The topological polar surface area (TPSA) is 57.2 Å². The fourth-order valence-electron chi connectivity index (χ4n) is 0. The Bertz CT molecular complexity index is 55.3. The van der Waals surface area contributed by atoms with Crippen LogP contribution in [0.25, 0.3) is 0 Å². The summed E-state index contributed by atoms with van der Waals surface area (Å²) in [5.74, 6) is 0. The van der Waals surface area contributed by atoms with Crippen LogP contribution in [-0.2, 0) is 9.13 Å². The molecular weight excluding hydrogens is 119 g/mol. The molecule has 0 unspecified atom stereocenters. The van der Waals surface area contributed by atoms with Crippen LogP contribution in [0.4, 0.5) is 0 Å². The molecule has 0 aromatic heterocycles. The zero-order valence-electron chi connectivity index (χ0n) is 2.38. The minimum atomic E-state index is -3.37. The smallest absolute Gasteiger partial charge is 0.744 e. The monoisotopic (exact) mass is 119 g/mol. The van der Waals surface area contributed by atoms with Crippen molar-refractivity contribution in [2.45, 2.75) is 0 Å². The fraction of sp³-hybridized carbons (Fsp3) is 0. The van der Waals surface area contributed by atoms with E-state index in [0.717, 1.165) is 0 Å². The average molecular weight is 119 g/mol. The zero-order chi connectivity index (χ0) is 3.58. The van der Waals surface area contributed by atoms with Gasteiger partial charge in [0, 0.05) is 0 Å². The van der Waals surface area contributed by atoms with Gasteiger partial charge in [-0.3, -0.25) is 9.13 Å². The van der Waals surface area contributed by atoms with Gasteiger partial charge in [0.1, 0.15) is 0 Å². The molecule has 0 aromatic carbocycles. The summed E-state index contributed by atoms with van der Waals surface area (Å²) in [5, 5.41) is 0. The SMILES string of the molecule is O=P(=O)[O-].[Ca+2]. The molecule has 24 valence electrons. The second-order valence-corrected chi connectivity index (χ2v) is 0.671. The van der Waals surface area contributed by atoms with E-state index in [1.807, 2.05) is 0 Å². The summed E-state index contributed by atoms with van der Waals surface area (Å²) in [6.45, 7) is 0. The van der Waals surface area contributed by atoms with Crippen molar-refractivity contribution in [1.29, 1.82) is 0 Å². The normalized spacial score (nSPS) is 5.00. The molecule has 0 saturated carbocycles. The predicted octanol–water partition coefficient (Wildman–Crippen LogP) is -0.946. The Hall–Kier alpha value is 1.12. The van der Waals surface area contributed by atoms with Crippen LogP contribution in [0.3, 0.4) is 0 Å². The Morgan fingerprint density at radius 1 is 1.40 bits per heavy atom.